The molecule has 0 radical (unpaired) electrons. The molecule has 1 N–H and O–H groups in total. The predicted molar refractivity (Wildman–Crippen MR) is 82.3 cm³/mol. The molecule has 4 rings (SSSR count). The normalized spacial score (nSPS) is 13.4. The third kappa shape index (κ3) is 2.28. The van der Waals surface area contributed by atoms with Crippen molar-refractivity contribution in [3.05, 3.63) is 35.5 Å². The van der Waals surface area contributed by atoms with E-state index in [1.54, 1.807) is 23.0 Å². The summed E-state index contributed by atoms with van der Waals surface area (Å²) in [6, 6.07) is 5.57. The van der Waals surface area contributed by atoms with Gasteiger partial charge in [0.1, 0.15) is 6.61 Å². The molecule has 8 nitrogen and oxygen atoms in total. The first kappa shape index (κ1) is 13.6. The minimum Gasteiger partial charge on any atom is -0.457 e. The van der Waals surface area contributed by atoms with Gasteiger partial charge >= 0.3 is 5.97 Å². The summed E-state index contributed by atoms with van der Waals surface area (Å²) >= 11 is 0. The smallest absolute Gasteiger partial charge is 0.338 e. The van der Waals surface area contributed by atoms with Crippen molar-refractivity contribution in [2.24, 2.45) is 0 Å². The van der Waals surface area contributed by atoms with Crippen molar-refractivity contribution >= 4 is 28.8 Å². The van der Waals surface area contributed by atoms with Crippen molar-refractivity contribution in [1.29, 1.82) is 0 Å². The highest BCUT2D eigenvalue weighted by Gasteiger charge is 2.21. The van der Waals surface area contributed by atoms with Gasteiger partial charge in [-0.05, 0) is 32.0 Å². The number of cyclic esters (lactones) is 1. The van der Waals surface area contributed by atoms with Crippen LogP contribution in [0.2, 0.25) is 0 Å². The summed E-state index contributed by atoms with van der Waals surface area (Å²) in [6.07, 6.45) is 1.64. The van der Waals surface area contributed by atoms with Crippen molar-refractivity contribution in [3.8, 4) is 0 Å². The zero-order valence-electron chi connectivity index (χ0n) is 12.6. The molecular weight excluding hydrogens is 296 g/mol. The van der Waals surface area contributed by atoms with E-state index in [-0.39, 0.29) is 12.0 Å². The van der Waals surface area contributed by atoms with Crippen LogP contribution in [0.5, 0.6) is 0 Å². The second kappa shape index (κ2) is 5.01. The van der Waals surface area contributed by atoms with Crippen LogP contribution in [0, 0.1) is 0 Å². The van der Waals surface area contributed by atoms with E-state index in [1.807, 2.05) is 19.9 Å². The Balaban J connectivity index is 1.67. The standard InChI is InChI=1S/C15H14N6O2/c1-8(2)21-13-12(19-20-21)6-16-15(18-13)17-10-3-4-11-9(5-10)7-23-14(11)22/h3-6,8H,7H2,1-2H3,(H,16,17,18). The molecule has 1 aromatic carbocycles. The number of esters is 1. The molecule has 3 heterocycles. The van der Waals surface area contributed by atoms with E-state index in [9.17, 15) is 4.79 Å². The molecular formula is C15H14N6O2. The van der Waals surface area contributed by atoms with E-state index in [0.717, 1.165) is 11.3 Å². The number of hydrogen-bond donors (Lipinski definition) is 1. The predicted octanol–water partition coefficient (Wildman–Crippen LogP) is 2.22. The quantitative estimate of drug-likeness (QED) is 0.741. The molecule has 0 spiro atoms. The summed E-state index contributed by atoms with van der Waals surface area (Å²) in [5.74, 6) is 0.169. The molecule has 23 heavy (non-hydrogen) atoms. The number of rotatable bonds is 3. The Kier molecular flexibility index (Phi) is 2.97. The van der Waals surface area contributed by atoms with Gasteiger partial charge in [-0.15, -0.1) is 5.10 Å². The monoisotopic (exact) mass is 310 g/mol. The Morgan fingerprint density at radius 3 is 3.04 bits per heavy atom. The molecule has 0 bridgehead atoms. The summed E-state index contributed by atoms with van der Waals surface area (Å²) in [7, 11) is 0. The third-order valence-electron chi connectivity index (χ3n) is 3.65. The van der Waals surface area contributed by atoms with Gasteiger partial charge in [-0.2, -0.15) is 4.98 Å². The van der Waals surface area contributed by atoms with Crippen LogP contribution in [0.1, 0.15) is 35.8 Å². The minimum atomic E-state index is -0.281. The lowest BCUT2D eigenvalue weighted by atomic mass is 10.1. The number of anilines is 2. The van der Waals surface area contributed by atoms with Gasteiger partial charge in [0.15, 0.2) is 11.2 Å². The number of fused-ring (bicyclic) bond motifs is 2. The van der Waals surface area contributed by atoms with E-state index < -0.39 is 0 Å². The highest BCUT2D eigenvalue weighted by atomic mass is 16.5. The molecule has 116 valence electrons. The molecule has 0 saturated heterocycles. The van der Waals surface area contributed by atoms with Gasteiger partial charge in [0.05, 0.1) is 17.8 Å². The number of nitrogens with zero attached hydrogens (tertiary/aromatic N) is 5. The molecule has 1 aliphatic rings. The first-order valence-electron chi connectivity index (χ1n) is 7.27. The molecule has 0 saturated carbocycles. The van der Waals surface area contributed by atoms with Crippen molar-refractivity contribution in [3.63, 3.8) is 0 Å². The van der Waals surface area contributed by atoms with E-state index in [0.29, 0.717) is 29.3 Å². The molecule has 0 unspecified atom stereocenters. The van der Waals surface area contributed by atoms with E-state index in [4.69, 9.17) is 4.74 Å². The van der Waals surface area contributed by atoms with Crippen LogP contribution in [0.25, 0.3) is 11.2 Å². The Bertz CT molecular complexity index is 917. The van der Waals surface area contributed by atoms with Gasteiger partial charge in [-0.3, -0.25) is 0 Å². The Morgan fingerprint density at radius 2 is 2.22 bits per heavy atom. The molecule has 0 aliphatic carbocycles. The fraction of sp³-hybridized carbons (Fsp3) is 0.267. The minimum absolute atomic E-state index is 0.158. The first-order chi connectivity index (χ1) is 11.1. The highest BCUT2D eigenvalue weighted by Crippen LogP contribution is 2.25. The van der Waals surface area contributed by atoms with Crippen LogP contribution in [0.4, 0.5) is 11.6 Å². The van der Waals surface area contributed by atoms with Crippen molar-refractivity contribution in [2.75, 3.05) is 5.32 Å². The fourth-order valence-electron chi connectivity index (χ4n) is 2.49. The lowest BCUT2D eigenvalue weighted by molar-refractivity contribution is 0.0535. The number of carbonyl (C=O) groups is 1. The van der Waals surface area contributed by atoms with Crippen molar-refractivity contribution < 1.29 is 9.53 Å². The molecule has 8 heteroatoms. The van der Waals surface area contributed by atoms with E-state index >= 15 is 0 Å². The van der Waals surface area contributed by atoms with E-state index in [1.165, 1.54) is 0 Å². The lowest BCUT2D eigenvalue weighted by Gasteiger charge is -2.07. The SMILES string of the molecule is CC(C)n1nnc2cnc(Nc3ccc4c(c3)COC4=O)nc21. The summed E-state index contributed by atoms with van der Waals surface area (Å²) in [6.45, 7) is 4.33. The maximum Gasteiger partial charge on any atom is 0.338 e. The molecule has 0 fully saturated rings. The van der Waals surface area contributed by atoms with E-state index in [2.05, 4.69) is 25.6 Å². The van der Waals surface area contributed by atoms with Crippen LogP contribution in [-0.2, 0) is 11.3 Å². The summed E-state index contributed by atoms with van der Waals surface area (Å²) in [4.78, 5) is 20.2. The highest BCUT2D eigenvalue weighted by molar-refractivity contribution is 5.94. The Hall–Kier alpha value is -3.03. The fourth-order valence-corrected chi connectivity index (χ4v) is 2.49. The number of benzene rings is 1. The summed E-state index contributed by atoms with van der Waals surface area (Å²) < 4.78 is 6.75. The zero-order valence-corrected chi connectivity index (χ0v) is 12.6. The van der Waals surface area contributed by atoms with Gasteiger partial charge < -0.3 is 10.1 Å². The maximum atomic E-state index is 11.5. The summed E-state index contributed by atoms with van der Waals surface area (Å²) in [5, 5.41) is 11.3. The van der Waals surface area contributed by atoms with Gasteiger partial charge in [-0.1, -0.05) is 5.21 Å². The average Bonchev–Trinajstić information content (AvgIpc) is 3.11. The Labute approximate surface area is 131 Å². The van der Waals surface area contributed by atoms with Crippen LogP contribution >= 0.6 is 0 Å². The second-order valence-corrected chi connectivity index (χ2v) is 5.60. The molecule has 0 amide bonds. The number of aromatic nitrogens is 5. The topological polar surface area (TPSA) is 94.8 Å². The number of hydrogen-bond acceptors (Lipinski definition) is 7. The van der Waals surface area contributed by atoms with Gasteiger partial charge in [0.2, 0.25) is 5.95 Å². The summed E-state index contributed by atoms with van der Waals surface area (Å²) in [5.41, 5.74) is 3.59. The van der Waals surface area contributed by atoms with Gasteiger partial charge in [-0.25, -0.2) is 14.5 Å². The average molecular weight is 310 g/mol. The zero-order chi connectivity index (χ0) is 16.0. The molecule has 3 aromatic rings. The van der Waals surface area contributed by atoms with Crippen LogP contribution in [0.3, 0.4) is 0 Å². The molecule has 1 aliphatic heterocycles. The second-order valence-electron chi connectivity index (χ2n) is 5.60. The first-order valence-corrected chi connectivity index (χ1v) is 7.27. The molecule has 2 aromatic heterocycles. The maximum absolute atomic E-state index is 11.5. The number of ether oxygens (including phenoxy) is 1. The van der Waals surface area contributed by atoms with Crippen molar-refractivity contribution in [2.45, 2.75) is 26.5 Å². The molecule has 0 atom stereocenters. The van der Waals surface area contributed by atoms with Crippen LogP contribution < -0.4 is 5.32 Å². The lowest BCUT2D eigenvalue weighted by Crippen LogP contribution is -2.05. The van der Waals surface area contributed by atoms with Crippen LogP contribution in [0.15, 0.2) is 24.4 Å². The van der Waals surface area contributed by atoms with Crippen LogP contribution in [-0.4, -0.2) is 30.9 Å². The largest absolute Gasteiger partial charge is 0.457 e. The van der Waals surface area contributed by atoms with Crippen molar-refractivity contribution in [1.82, 2.24) is 25.0 Å². The third-order valence-corrected chi connectivity index (χ3v) is 3.65. The van der Waals surface area contributed by atoms with Gasteiger partial charge in [0, 0.05) is 11.3 Å². The number of carbonyl (C=O) groups excluding carboxylic acids is 1. The Morgan fingerprint density at radius 1 is 1.35 bits per heavy atom. The number of nitrogens with one attached hydrogen (secondary N) is 1. The van der Waals surface area contributed by atoms with Gasteiger partial charge in [0.25, 0.3) is 0 Å².